The average Bonchev–Trinajstić information content (AvgIpc) is 3.95. The Balaban J connectivity index is 0.0000112. The van der Waals surface area contributed by atoms with Gasteiger partial charge in [0.1, 0.15) is 53.1 Å². The third kappa shape index (κ3) is 16.5. The second-order valence-electron chi connectivity index (χ2n) is 16.0. The molecule has 1 aromatic carbocycles. The number of carbonyl (C=O) groups is 6. The maximum Gasteiger partial charge on any atom is 0.409 e. The van der Waals surface area contributed by atoms with Gasteiger partial charge in [0.15, 0.2) is 11.8 Å². The molecule has 4 bridgehead atoms. The van der Waals surface area contributed by atoms with Crippen molar-refractivity contribution in [3.8, 4) is 5.75 Å². The molecule has 2 fully saturated rings. The number of fused-ring (bicyclic) bond motifs is 5. The van der Waals surface area contributed by atoms with E-state index in [-0.39, 0.29) is 84.6 Å². The Morgan fingerprint density at radius 1 is 1.06 bits per heavy atom. The van der Waals surface area contributed by atoms with Crippen molar-refractivity contribution in [2.45, 2.75) is 138 Å². The largest absolute Gasteiger partial charge is 0.495 e. The van der Waals surface area contributed by atoms with Crippen LogP contribution in [0.15, 0.2) is 35.9 Å². The number of aliphatic hydroxyl groups is 1. The van der Waals surface area contributed by atoms with E-state index < -0.39 is 83.7 Å². The number of amides is 3. The van der Waals surface area contributed by atoms with E-state index in [0.717, 1.165) is 21.9 Å². The van der Waals surface area contributed by atoms with E-state index in [2.05, 4.69) is 5.32 Å². The average molecular weight is 1020 g/mol. The van der Waals surface area contributed by atoms with Crippen LogP contribution in [0.5, 0.6) is 5.75 Å². The Morgan fingerprint density at radius 3 is 2.37 bits per heavy atom. The molecule has 388 valence electrons. The number of likely N-dealkylation sites (N-methyl/N-ethyl adjacent to an activating group) is 1. The summed E-state index contributed by atoms with van der Waals surface area (Å²) < 4.78 is 44.1. The van der Waals surface area contributed by atoms with Crippen LogP contribution in [0.3, 0.4) is 0 Å². The second-order valence-corrected chi connectivity index (χ2v) is 19.0. The highest BCUT2D eigenvalue weighted by Gasteiger charge is 2.64. The summed E-state index contributed by atoms with van der Waals surface area (Å²) in [6.45, 7) is 8.50. The maximum absolute atomic E-state index is 14.2. The molecule has 2 N–H and O–H groups in total. The van der Waals surface area contributed by atoms with Crippen LogP contribution in [-0.4, -0.2) is 154 Å². The number of anilines is 1. The second kappa shape index (κ2) is 28.6. The molecule has 0 spiro atoms. The Kier molecular flexibility index (Phi) is 26.9. The molecule has 1 aromatic rings. The molecule has 3 amide bonds. The van der Waals surface area contributed by atoms with Crippen LogP contribution in [0.4, 0.5) is 10.5 Å². The summed E-state index contributed by atoms with van der Waals surface area (Å²) in [6, 6.07) is 2.44. The lowest BCUT2D eigenvalue weighted by Crippen LogP contribution is -2.63. The first-order chi connectivity index (χ1) is 30.2. The van der Waals surface area contributed by atoms with Crippen LogP contribution in [-0.2, 0) is 63.6 Å². The van der Waals surface area contributed by atoms with E-state index in [1.54, 1.807) is 45.2 Å². The van der Waals surface area contributed by atoms with E-state index in [1.165, 1.54) is 62.8 Å². The maximum atomic E-state index is 14.2. The number of nitrogens with one attached hydrogen (secondary N) is 1. The number of hydrogen-bond acceptors (Lipinski definition) is 17. The van der Waals surface area contributed by atoms with Crippen LogP contribution < -0.4 is 15.0 Å². The van der Waals surface area contributed by atoms with Crippen molar-refractivity contribution >= 4 is 74.7 Å². The van der Waals surface area contributed by atoms with Gasteiger partial charge in [-0.05, 0) is 51.8 Å². The minimum Gasteiger partial charge on any atom is -0.495 e. The summed E-state index contributed by atoms with van der Waals surface area (Å²) in [4.78, 5) is 81.1. The summed E-state index contributed by atoms with van der Waals surface area (Å²) >= 11 is 6.78. The molecular formula is C47H76ClN3O15S2. The van der Waals surface area contributed by atoms with E-state index >= 15 is 0 Å². The minimum absolute atomic E-state index is 0. The van der Waals surface area contributed by atoms with Crippen LogP contribution in [0, 0.1) is 5.92 Å². The molecule has 0 saturated carbocycles. The molecule has 68 heavy (non-hydrogen) atoms. The van der Waals surface area contributed by atoms with Crippen molar-refractivity contribution in [2.24, 2.45) is 5.92 Å². The molecule has 3 heterocycles. The molecule has 18 nitrogen and oxygen atoms in total. The number of carbonyl (C=O) groups excluding carboxylic acids is 6. The Bertz CT molecular complexity index is 1940. The standard InChI is InChI=1S/C43H60ClN3O15S2.4CH4/c1-24-12-11-13-32(57-10)43(54)22-31(60-41(53)45-43)25(2)38-42(5,62-38)33(21-35(49)47(7)29-19-28(18-24)20-30(56-9)37(29)44)61-39(51)26(3)46(6)34(48)14-17-63-64-23-36(50)59-27(4)40(52)58-16-15-55-8;;;;/h11-13,19-20,25-27,31-33,38,54H,14-18,21-23H2,1-10H3,(H,45,53);4*1H4/b13-11+,24-12+;;;;. The molecule has 21 heteroatoms. The number of esters is 3. The van der Waals surface area contributed by atoms with Gasteiger partial charge >= 0.3 is 24.0 Å². The van der Waals surface area contributed by atoms with E-state index in [4.69, 9.17) is 49.5 Å². The predicted octanol–water partition coefficient (Wildman–Crippen LogP) is 6.95. The first-order valence-electron chi connectivity index (χ1n) is 20.6. The van der Waals surface area contributed by atoms with Crippen LogP contribution in [0.2, 0.25) is 5.02 Å². The van der Waals surface area contributed by atoms with Crippen LogP contribution in [0.25, 0.3) is 0 Å². The van der Waals surface area contributed by atoms with Gasteiger partial charge in [0.25, 0.3) is 0 Å². The number of epoxide rings is 1. The molecule has 2 saturated heterocycles. The number of alkyl carbamates (subject to hydrolysis) is 1. The number of benzene rings is 1. The zero-order valence-electron chi connectivity index (χ0n) is 37.8. The first kappa shape index (κ1) is 64.0. The van der Waals surface area contributed by atoms with Gasteiger partial charge in [0.05, 0.1) is 31.9 Å². The lowest BCUT2D eigenvalue weighted by molar-refractivity contribution is -0.165. The molecule has 3 aliphatic rings. The van der Waals surface area contributed by atoms with Gasteiger partial charge in [0.2, 0.25) is 11.8 Å². The lowest BCUT2D eigenvalue weighted by Gasteiger charge is -2.42. The minimum atomic E-state index is -1.87. The highest BCUT2D eigenvalue weighted by molar-refractivity contribution is 8.76. The van der Waals surface area contributed by atoms with E-state index in [0.29, 0.717) is 17.9 Å². The van der Waals surface area contributed by atoms with Crippen molar-refractivity contribution < 1.29 is 71.8 Å². The SMILES string of the molecule is C.C.C.C.COCCOC(=O)C(C)OC(=O)CSSCCC(=O)N(C)C(C)C(=O)OC1CC(=O)N(C)c2cc(cc(OC)c2Cl)C/C(C)=C/C=C/C(OC)C2(O)CC(OC(=O)N2)C(C)C2OC12C. The third-order valence-electron chi connectivity index (χ3n) is 11.4. The summed E-state index contributed by atoms with van der Waals surface area (Å²) in [7, 11) is 9.73. The van der Waals surface area contributed by atoms with Gasteiger partial charge in [-0.2, -0.15) is 0 Å². The molecular weight excluding hydrogens is 946 g/mol. The third-order valence-corrected chi connectivity index (χ3v) is 14.0. The normalized spacial score (nSPS) is 26.5. The Morgan fingerprint density at radius 2 is 1.74 bits per heavy atom. The van der Waals surface area contributed by atoms with Gasteiger partial charge < -0.3 is 52.8 Å². The Hall–Kier alpha value is -4.05. The van der Waals surface area contributed by atoms with Gasteiger partial charge in [-0.25, -0.2) is 14.4 Å². The molecule has 0 radical (unpaired) electrons. The number of hydrogen-bond donors (Lipinski definition) is 2. The zero-order valence-corrected chi connectivity index (χ0v) is 40.2. The fraction of sp³-hybridized carbons (Fsp3) is 0.660. The predicted molar refractivity (Wildman–Crippen MR) is 266 cm³/mol. The number of halogens is 1. The number of ether oxygens (including phenoxy) is 8. The van der Waals surface area contributed by atoms with Crippen molar-refractivity contribution in [3.05, 3.63) is 46.5 Å². The molecule has 0 aromatic heterocycles. The van der Waals surface area contributed by atoms with Gasteiger partial charge in [-0.1, -0.05) is 93.6 Å². The van der Waals surface area contributed by atoms with Crippen molar-refractivity contribution in [2.75, 3.05) is 65.0 Å². The molecule has 9 unspecified atom stereocenters. The highest BCUT2D eigenvalue weighted by atomic mass is 35.5. The quantitative estimate of drug-likeness (QED) is 0.0563. The van der Waals surface area contributed by atoms with E-state index in [9.17, 15) is 33.9 Å². The zero-order chi connectivity index (χ0) is 47.5. The number of allylic oxidation sites excluding steroid dienone is 3. The summed E-state index contributed by atoms with van der Waals surface area (Å²) in [5, 5.41) is 14.5. The van der Waals surface area contributed by atoms with Gasteiger partial charge in [-0.3, -0.25) is 19.7 Å². The van der Waals surface area contributed by atoms with Gasteiger partial charge in [-0.15, -0.1) is 0 Å². The van der Waals surface area contributed by atoms with Crippen LogP contribution in [0.1, 0.15) is 89.2 Å². The Labute approximate surface area is 416 Å². The molecule has 0 aliphatic carbocycles. The fourth-order valence-corrected chi connectivity index (χ4v) is 9.37. The summed E-state index contributed by atoms with van der Waals surface area (Å²) in [5.41, 5.74) is -1.12. The van der Waals surface area contributed by atoms with Crippen molar-refractivity contribution in [3.63, 3.8) is 0 Å². The number of nitrogens with zero attached hydrogens (tertiary/aromatic N) is 2. The topological polar surface area (TPSA) is 218 Å². The monoisotopic (exact) mass is 1020 g/mol. The summed E-state index contributed by atoms with van der Waals surface area (Å²) in [5.74, 6) is -3.04. The lowest BCUT2D eigenvalue weighted by atomic mass is 9.83. The van der Waals surface area contributed by atoms with Crippen LogP contribution >= 0.6 is 33.2 Å². The van der Waals surface area contributed by atoms with E-state index in [1.807, 2.05) is 13.0 Å². The fourth-order valence-electron chi connectivity index (χ4n) is 7.29. The molecule has 4 rings (SSSR count). The van der Waals surface area contributed by atoms with Crippen molar-refractivity contribution in [1.82, 2.24) is 10.2 Å². The first-order valence-corrected chi connectivity index (χ1v) is 23.5. The smallest absolute Gasteiger partial charge is 0.409 e. The number of methoxy groups -OCH3 is 3. The number of rotatable bonds is 16. The van der Waals surface area contributed by atoms with Gasteiger partial charge in [0, 0.05) is 52.8 Å². The summed E-state index contributed by atoms with van der Waals surface area (Å²) in [6.07, 6.45) is -0.580. The van der Waals surface area contributed by atoms with Crippen molar-refractivity contribution in [1.29, 1.82) is 0 Å². The highest BCUT2D eigenvalue weighted by Crippen LogP contribution is 2.49. The molecule has 9 atom stereocenters. The molecule has 3 aliphatic heterocycles.